The van der Waals surface area contributed by atoms with Crippen LogP contribution in [-0.4, -0.2) is 107 Å². The molecule has 12 heteroatoms. The molecule has 0 aromatic carbocycles. The van der Waals surface area contributed by atoms with Gasteiger partial charge in [-0.15, -0.1) is 0 Å². The Morgan fingerprint density at radius 1 is 0.743 bits per heavy atom. The first-order valence-corrected chi connectivity index (χ1v) is 10.4. The summed E-state index contributed by atoms with van der Waals surface area (Å²) in [6, 6.07) is 0. The Bertz CT molecular complexity index is 561. The Kier molecular flexibility index (Phi) is 21.9. The van der Waals surface area contributed by atoms with Crippen LogP contribution in [0.3, 0.4) is 0 Å². The van der Waals surface area contributed by atoms with E-state index < -0.39 is 23.3 Å². The summed E-state index contributed by atoms with van der Waals surface area (Å²) >= 11 is 0. The van der Waals surface area contributed by atoms with E-state index in [-0.39, 0.29) is 36.5 Å². The van der Waals surface area contributed by atoms with Crippen molar-refractivity contribution in [2.75, 3.05) is 46.2 Å². The van der Waals surface area contributed by atoms with E-state index in [0.717, 1.165) is 26.4 Å². The van der Waals surface area contributed by atoms with E-state index in [1.54, 1.807) is 6.92 Å². The molecule has 6 N–H and O–H groups in total. The lowest BCUT2D eigenvalue weighted by Gasteiger charge is -2.20. The first-order chi connectivity index (χ1) is 16.1. The second kappa shape index (κ2) is 20.7. The number of aliphatic hydroxyl groups is 3. The molecule has 2 atom stereocenters. The summed E-state index contributed by atoms with van der Waals surface area (Å²) in [5, 5.41) is 49.1. The highest BCUT2D eigenvalue weighted by molar-refractivity contribution is 5.85. The van der Waals surface area contributed by atoms with Crippen molar-refractivity contribution in [3.63, 3.8) is 0 Å². The molecule has 2 heterocycles. The normalized spacial score (nSPS) is 16.5. The second-order valence-electron chi connectivity index (χ2n) is 7.99. The third kappa shape index (κ3) is 29.4. The minimum Gasteiger partial charge on any atom is -0.478 e. The summed E-state index contributed by atoms with van der Waals surface area (Å²) in [4.78, 5) is 28.8. The summed E-state index contributed by atoms with van der Waals surface area (Å²) in [5.41, 5.74) is -0.181. The van der Waals surface area contributed by atoms with Gasteiger partial charge in [0.05, 0.1) is 46.2 Å². The van der Waals surface area contributed by atoms with E-state index in [0.29, 0.717) is 12.2 Å². The van der Waals surface area contributed by atoms with Gasteiger partial charge in [0.15, 0.2) is 0 Å². The molecule has 0 aliphatic carbocycles. The van der Waals surface area contributed by atoms with Gasteiger partial charge in [0.2, 0.25) is 0 Å². The van der Waals surface area contributed by atoms with Crippen molar-refractivity contribution in [3.05, 3.63) is 36.5 Å². The fourth-order valence-corrected chi connectivity index (χ4v) is 0.809. The number of aliphatic hydroxyl groups excluding tert-OH is 3. The van der Waals surface area contributed by atoms with E-state index in [1.165, 1.54) is 20.8 Å². The minimum absolute atomic E-state index is 0.176. The molecule has 2 rings (SSSR count). The van der Waals surface area contributed by atoms with Gasteiger partial charge >= 0.3 is 17.9 Å². The molecule has 12 nitrogen and oxygen atoms in total. The highest BCUT2D eigenvalue weighted by Gasteiger charge is 2.26. The molecule has 0 saturated carbocycles. The Labute approximate surface area is 205 Å². The van der Waals surface area contributed by atoms with Gasteiger partial charge in [-0.1, -0.05) is 26.7 Å². The van der Waals surface area contributed by atoms with E-state index >= 15 is 0 Å². The lowest BCUT2D eigenvalue weighted by Crippen LogP contribution is -2.29. The molecule has 0 radical (unpaired) electrons. The Balaban J connectivity index is -0.000000372. The smallest absolute Gasteiger partial charge is 0.330 e. The molecule has 0 bridgehead atoms. The van der Waals surface area contributed by atoms with Gasteiger partial charge in [0.25, 0.3) is 0 Å². The van der Waals surface area contributed by atoms with Crippen molar-refractivity contribution in [1.82, 2.24) is 0 Å². The topological polar surface area (TPSA) is 207 Å². The molecular weight excluding hydrogens is 468 g/mol. The fraction of sp³-hybridized carbons (Fsp3) is 0.609. The largest absolute Gasteiger partial charge is 0.478 e. The molecule has 35 heavy (non-hydrogen) atoms. The summed E-state index contributed by atoms with van der Waals surface area (Å²) in [6.45, 7) is 18.1. The maximum Gasteiger partial charge on any atom is 0.330 e. The number of epoxide rings is 2. The first kappa shape index (κ1) is 36.9. The van der Waals surface area contributed by atoms with Gasteiger partial charge in [-0.2, -0.15) is 0 Å². The maximum atomic E-state index is 9.60. The van der Waals surface area contributed by atoms with Crippen molar-refractivity contribution in [3.8, 4) is 0 Å². The molecule has 2 fully saturated rings. The highest BCUT2D eigenvalue weighted by Crippen LogP contribution is 2.12. The lowest BCUT2D eigenvalue weighted by molar-refractivity contribution is -0.133. The Hall–Kier alpha value is -2.61. The van der Waals surface area contributed by atoms with Crippen molar-refractivity contribution in [2.24, 2.45) is 5.41 Å². The van der Waals surface area contributed by atoms with E-state index in [9.17, 15) is 14.4 Å². The Morgan fingerprint density at radius 2 is 0.943 bits per heavy atom. The van der Waals surface area contributed by atoms with Gasteiger partial charge < -0.3 is 44.8 Å². The van der Waals surface area contributed by atoms with Crippen LogP contribution in [0.4, 0.5) is 0 Å². The van der Waals surface area contributed by atoms with E-state index in [4.69, 9.17) is 44.8 Å². The second-order valence-corrected chi connectivity index (χ2v) is 7.99. The van der Waals surface area contributed by atoms with Crippen LogP contribution >= 0.6 is 0 Å². The van der Waals surface area contributed by atoms with Crippen LogP contribution in [0.2, 0.25) is 0 Å². The predicted molar refractivity (Wildman–Crippen MR) is 127 cm³/mol. The van der Waals surface area contributed by atoms with E-state index in [1.807, 2.05) is 0 Å². The van der Waals surface area contributed by atoms with Gasteiger partial charge in [0, 0.05) is 22.1 Å². The zero-order valence-electron chi connectivity index (χ0n) is 20.9. The Morgan fingerprint density at radius 3 is 1.03 bits per heavy atom. The zero-order chi connectivity index (χ0) is 28.2. The average molecular weight is 509 g/mol. The summed E-state index contributed by atoms with van der Waals surface area (Å²) in [6.07, 6.45) is 0.785. The fourth-order valence-electron chi connectivity index (χ4n) is 0.809. The van der Waals surface area contributed by atoms with Crippen LogP contribution in [0.25, 0.3) is 0 Å². The average Bonchev–Trinajstić information content (AvgIpc) is 3.71. The van der Waals surface area contributed by atoms with Crippen LogP contribution in [0.5, 0.6) is 0 Å². The highest BCUT2D eigenvalue weighted by atomic mass is 16.6. The van der Waals surface area contributed by atoms with Crippen molar-refractivity contribution in [1.29, 1.82) is 0 Å². The van der Waals surface area contributed by atoms with Gasteiger partial charge in [-0.05, 0) is 20.8 Å². The summed E-state index contributed by atoms with van der Waals surface area (Å²) in [7, 11) is 0. The van der Waals surface area contributed by atoms with Crippen molar-refractivity contribution in [2.45, 2.75) is 39.9 Å². The van der Waals surface area contributed by atoms with Crippen LogP contribution < -0.4 is 0 Å². The van der Waals surface area contributed by atoms with E-state index in [2.05, 4.69) is 19.7 Å². The molecule has 2 aliphatic heterocycles. The van der Waals surface area contributed by atoms with Crippen LogP contribution in [0.1, 0.15) is 27.7 Å². The molecular formula is C23H40O12. The number of hydrogen-bond acceptors (Lipinski definition) is 9. The number of ether oxygens (including phenoxy) is 3. The standard InChI is InChI=1S/C6H10O3.C5H12O3.3C4H6O2/c1(5-3-8-5)7-2-6-4-9-6;1-5(2-6,3-7)4-8;3*1-3(2)4(5)6/h5-6H,1-4H2;6-8H,2-4H2,1H3;3*1H2,2H3,(H,5,6). The molecule has 204 valence electrons. The van der Waals surface area contributed by atoms with Crippen LogP contribution in [0.15, 0.2) is 36.5 Å². The summed E-state index contributed by atoms with van der Waals surface area (Å²) in [5.74, 6) is -2.81. The SMILES string of the molecule is C(OCC1CO1)C1CO1.C=C(C)C(=O)O.C=C(C)C(=O)O.C=C(C)C(=O)O.CC(CO)(CO)CO. The molecule has 0 aromatic rings. The monoisotopic (exact) mass is 508 g/mol. The van der Waals surface area contributed by atoms with Crippen LogP contribution in [0, 0.1) is 5.41 Å². The molecule has 0 amide bonds. The summed E-state index contributed by atoms with van der Waals surface area (Å²) < 4.78 is 15.1. The van der Waals surface area contributed by atoms with Crippen molar-refractivity contribution < 1.29 is 59.2 Å². The maximum absolute atomic E-state index is 9.60. The zero-order valence-corrected chi connectivity index (χ0v) is 20.9. The number of carboxylic acid groups (broad SMARTS) is 3. The third-order valence-electron chi connectivity index (χ3n) is 3.65. The molecule has 0 aromatic heterocycles. The van der Waals surface area contributed by atoms with Gasteiger partial charge in [-0.3, -0.25) is 0 Å². The van der Waals surface area contributed by atoms with Crippen LogP contribution in [-0.2, 0) is 28.6 Å². The number of hydrogen-bond donors (Lipinski definition) is 6. The predicted octanol–water partition coefficient (Wildman–Crippen LogP) is 0.712. The molecule has 2 unspecified atom stereocenters. The number of aliphatic carboxylic acids is 3. The third-order valence-corrected chi connectivity index (χ3v) is 3.65. The molecule has 2 saturated heterocycles. The lowest BCUT2D eigenvalue weighted by atomic mass is 9.95. The van der Waals surface area contributed by atoms with Gasteiger partial charge in [0.1, 0.15) is 12.2 Å². The number of rotatable bonds is 10. The van der Waals surface area contributed by atoms with Gasteiger partial charge in [-0.25, -0.2) is 14.4 Å². The minimum atomic E-state index is -0.935. The first-order valence-electron chi connectivity index (χ1n) is 10.4. The molecule has 0 spiro atoms. The number of carboxylic acids is 3. The molecule has 2 aliphatic rings. The number of carbonyl (C=O) groups is 3. The quantitative estimate of drug-likeness (QED) is 0.178. The van der Waals surface area contributed by atoms with Crippen molar-refractivity contribution >= 4 is 17.9 Å².